The Kier molecular flexibility index (Phi) is 6.61. The highest BCUT2D eigenvalue weighted by Gasteiger charge is 2.21. The van der Waals surface area contributed by atoms with Crippen LogP contribution in [0.2, 0.25) is 0 Å². The van der Waals surface area contributed by atoms with Gasteiger partial charge in [0, 0.05) is 18.2 Å². The molecule has 1 atom stereocenters. The normalized spacial score (nSPS) is 21.0. The van der Waals surface area contributed by atoms with Gasteiger partial charge in [-0.25, -0.2) is 0 Å². The van der Waals surface area contributed by atoms with Crippen LogP contribution in [0.25, 0.3) is 0 Å². The van der Waals surface area contributed by atoms with Crippen molar-refractivity contribution in [2.24, 2.45) is 0 Å². The Labute approximate surface area is 123 Å². The summed E-state index contributed by atoms with van der Waals surface area (Å²) < 4.78 is 5.75. The van der Waals surface area contributed by atoms with Crippen LogP contribution >= 0.6 is 0 Å². The van der Waals surface area contributed by atoms with E-state index in [-0.39, 0.29) is 0 Å². The maximum Gasteiger partial charge on any atom is 0.122 e. The van der Waals surface area contributed by atoms with Crippen molar-refractivity contribution < 1.29 is 4.42 Å². The van der Waals surface area contributed by atoms with E-state index in [1.54, 1.807) is 0 Å². The van der Waals surface area contributed by atoms with Crippen LogP contribution in [-0.4, -0.2) is 24.0 Å². The van der Waals surface area contributed by atoms with Gasteiger partial charge in [0.25, 0.3) is 0 Å². The maximum absolute atomic E-state index is 5.75. The average Bonchev–Trinajstić information content (AvgIpc) is 2.77. The Morgan fingerprint density at radius 1 is 1.30 bits per heavy atom. The van der Waals surface area contributed by atoms with E-state index in [4.69, 9.17) is 4.42 Å². The van der Waals surface area contributed by atoms with Crippen LogP contribution in [0.15, 0.2) is 16.7 Å². The van der Waals surface area contributed by atoms with Gasteiger partial charge >= 0.3 is 0 Å². The van der Waals surface area contributed by atoms with Crippen LogP contribution in [0, 0.1) is 0 Å². The fourth-order valence-corrected chi connectivity index (χ4v) is 3.15. The average molecular weight is 278 g/mol. The van der Waals surface area contributed by atoms with Gasteiger partial charge in [0.2, 0.25) is 0 Å². The van der Waals surface area contributed by atoms with Crippen molar-refractivity contribution in [3.63, 3.8) is 0 Å². The number of likely N-dealkylation sites (tertiary alicyclic amines) is 1. The Hall–Kier alpha value is -0.800. The number of nitrogens with one attached hydrogen (secondary N) is 1. The third kappa shape index (κ3) is 4.35. The second-order valence-corrected chi connectivity index (χ2v) is 5.93. The first-order valence-electron chi connectivity index (χ1n) is 8.35. The molecule has 1 aliphatic rings. The third-order valence-electron chi connectivity index (χ3n) is 4.40. The molecule has 0 aromatic carbocycles. The molecule has 1 aromatic heterocycles. The van der Waals surface area contributed by atoms with Gasteiger partial charge in [-0.1, -0.05) is 26.7 Å². The predicted octanol–water partition coefficient (Wildman–Crippen LogP) is 3.93. The monoisotopic (exact) mass is 278 g/mol. The Morgan fingerprint density at radius 2 is 2.20 bits per heavy atom. The lowest BCUT2D eigenvalue weighted by molar-refractivity contribution is 0.171. The van der Waals surface area contributed by atoms with Crippen molar-refractivity contribution in [2.75, 3.05) is 13.1 Å². The van der Waals surface area contributed by atoms with Crippen LogP contribution < -0.4 is 5.32 Å². The molecule has 0 saturated carbocycles. The van der Waals surface area contributed by atoms with Crippen molar-refractivity contribution in [3.05, 3.63) is 23.7 Å². The summed E-state index contributed by atoms with van der Waals surface area (Å²) in [6.07, 6.45) is 9.73. The first-order valence-corrected chi connectivity index (χ1v) is 8.35. The molecule has 1 unspecified atom stereocenters. The highest BCUT2D eigenvalue weighted by Crippen LogP contribution is 2.23. The summed E-state index contributed by atoms with van der Waals surface area (Å²) in [5.74, 6) is 1.16. The Balaban J connectivity index is 1.95. The van der Waals surface area contributed by atoms with E-state index in [9.17, 15) is 0 Å². The number of hydrogen-bond acceptors (Lipinski definition) is 3. The van der Waals surface area contributed by atoms with Crippen LogP contribution in [0.1, 0.15) is 63.7 Å². The van der Waals surface area contributed by atoms with Gasteiger partial charge in [-0.3, -0.25) is 4.90 Å². The minimum atomic E-state index is 0.735. The highest BCUT2D eigenvalue weighted by molar-refractivity contribution is 5.17. The molecule has 1 saturated heterocycles. The molecule has 20 heavy (non-hydrogen) atoms. The molecule has 1 fully saturated rings. The summed E-state index contributed by atoms with van der Waals surface area (Å²) in [7, 11) is 0. The molecule has 3 heteroatoms. The summed E-state index contributed by atoms with van der Waals surface area (Å²) in [5, 5.41) is 3.47. The second-order valence-electron chi connectivity index (χ2n) is 5.93. The summed E-state index contributed by atoms with van der Waals surface area (Å²) >= 11 is 0. The van der Waals surface area contributed by atoms with Gasteiger partial charge < -0.3 is 9.73 Å². The molecule has 2 rings (SSSR count). The van der Waals surface area contributed by atoms with E-state index in [0.717, 1.165) is 31.4 Å². The van der Waals surface area contributed by atoms with Gasteiger partial charge in [-0.05, 0) is 44.8 Å². The molecular weight excluding hydrogens is 248 g/mol. The molecule has 0 spiro atoms. The molecule has 1 aliphatic heterocycles. The van der Waals surface area contributed by atoms with Gasteiger partial charge in [0.05, 0.1) is 12.8 Å². The highest BCUT2D eigenvalue weighted by atomic mass is 16.3. The quantitative estimate of drug-likeness (QED) is 0.766. The zero-order chi connectivity index (χ0) is 14.2. The van der Waals surface area contributed by atoms with Crippen molar-refractivity contribution >= 4 is 0 Å². The summed E-state index contributed by atoms with van der Waals surface area (Å²) in [6, 6.07) is 2.86. The predicted molar refractivity (Wildman–Crippen MR) is 83.7 cm³/mol. The van der Waals surface area contributed by atoms with E-state index >= 15 is 0 Å². The number of furan rings is 1. The fourth-order valence-electron chi connectivity index (χ4n) is 3.15. The third-order valence-corrected chi connectivity index (χ3v) is 4.40. The maximum atomic E-state index is 5.75. The summed E-state index contributed by atoms with van der Waals surface area (Å²) in [5.41, 5.74) is 1.33. The van der Waals surface area contributed by atoms with Gasteiger partial charge in [-0.15, -0.1) is 0 Å². The van der Waals surface area contributed by atoms with Crippen molar-refractivity contribution in [1.29, 1.82) is 0 Å². The first-order chi connectivity index (χ1) is 9.85. The molecular formula is C17H30N2O. The van der Waals surface area contributed by atoms with Gasteiger partial charge in [-0.2, -0.15) is 0 Å². The molecule has 1 aromatic rings. The standard InChI is InChI=1S/C17H30N2O/c1-3-10-18-13-15-9-12-20-17(15)14-19-11-7-5-6-8-16(19)4-2/h9,12,16,18H,3-8,10-11,13-14H2,1-2H3. The van der Waals surface area contributed by atoms with E-state index < -0.39 is 0 Å². The molecule has 114 valence electrons. The molecule has 2 heterocycles. The van der Waals surface area contributed by atoms with Gasteiger partial charge in [0.15, 0.2) is 0 Å². The fraction of sp³-hybridized carbons (Fsp3) is 0.765. The molecule has 0 bridgehead atoms. The summed E-state index contributed by atoms with van der Waals surface area (Å²) in [6.45, 7) is 8.73. The van der Waals surface area contributed by atoms with Crippen LogP contribution in [0.4, 0.5) is 0 Å². The van der Waals surface area contributed by atoms with Crippen LogP contribution in [0.5, 0.6) is 0 Å². The number of hydrogen-bond donors (Lipinski definition) is 1. The SMILES string of the molecule is CCCNCc1ccoc1CN1CCCCCC1CC. The molecule has 1 N–H and O–H groups in total. The van der Waals surface area contributed by atoms with E-state index in [0.29, 0.717) is 0 Å². The van der Waals surface area contributed by atoms with Crippen LogP contribution in [-0.2, 0) is 13.1 Å². The van der Waals surface area contributed by atoms with E-state index in [2.05, 4.69) is 30.1 Å². The topological polar surface area (TPSA) is 28.4 Å². The van der Waals surface area contributed by atoms with Crippen molar-refractivity contribution in [1.82, 2.24) is 10.2 Å². The Morgan fingerprint density at radius 3 is 3.00 bits per heavy atom. The zero-order valence-corrected chi connectivity index (χ0v) is 13.2. The zero-order valence-electron chi connectivity index (χ0n) is 13.2. The number of nitrogens with zero attached hydrogens (tertiary/aromatic N) is 1. The minimum Gasteiger partial charge on any atom is -0.468 e. The van der Waals surface area contributed by atoms with E-state index in [1.807, 2.05) is 6.26 Å². The lowest BCUT2D eigenvalue weighted by Crippen LogP contribution is -2.34. The molecule has 0 aliphatic carbocycles. The summed E-state index contributed by atoms with van der Waals surface area (Å²) in [4.78, 5) is 2.63. The molecule has 0 radical (unpaired) electrons. The van der Waals surface area contributed by atoms with Crippen molar-refractivity contribution in [2.45, 2.75) is 71.5 Å². The lowest BCUT2D eigenvalue weighted by atomic mass is 10.1. The van der Waals surface area contributed by atoms with E-state index in [1.165, 1.54) is 50.6 Å². The number of rotatable bonds is 7. The lowest BCUT2D eigenvalue weighted by Gasteiger charge is -2.28. The van der Waals surface area contributed by atoms with Crippen molar-refractivity contribution in [3.8, 4) is 0 Å². The molecule has 3 nitrogen and oxygen atoms in total. The second kappa shape index (κ2) is 8.48. The van der Waals surface area contributed by atoms with Crippen LogP contribution in [0.3, 0.4) is 0 Å². The first kappa shape index (κ1) is 15.6. The minimum absolute atomic E-state index is 0.735. The smallest absolute Gasteiger partial charge is 0.122 e. The Bertz CT molecular complexity index is 375. The molecule has 0 amide bonds. The van der Waals surface area contributed by atoms with Gasteiger partial charge in [0.1, 0.15) is 5.76 Å². The largest absolute Gasteiger partial charge is 0.468 e.